The van der Waals surface area contributed by atoms with E-state index < -0.39 is 5.97 Å². The largest absolute Gasteiger partial charge is 0.462 e. The van der Waals surface area contributed by atoms with Gasteiger partial charge in [-0.05, 0) is 94.4 Å². The minimum atomic E-state index is -0.393. The summed E-state index contributed by atoms with van der Waals surface area (Å²) >= 11 is 0. The average molecular weight is 479 g/mol. The quantitative estimate of drug-likeness (QED) is 0.558. The monoisotopic (exact) mass is 478 g/mol. The zero-order valence-electron chi connectivity index (χ0n) is 20.5. The van der Waals surface area contributed by atoms with Crippen LogP contribution in [-0.2, 0) is 14.3 Å². The van der Waals surface area contributed by atoms with E-state index in [2.05, 4.69) is 15.7 Å². The molecule has 0 saturated heterocycles. The third-order valence-electron chi connectivity index (χ3n) is 8.06. The van der Waals surface area contributed by atoms with Crippen molar-refractivity contribution in [1.82, 2.24) is 15.1 Å². The van der Waals surface area contributed by atoms with Gasteiger partial charge in [0.2, 0.25) is 11.8 Å². The van der Waals surface area contributed by atoms with Crippen molar-refractivity contribution in [2.24, 2.45) is 23.2 Å². The highest BCUT2D eigenvalue weighted by atomic mass is 16.5. The molecule has 1 aromatic heterocycles. The lowest BCUT2D eigenvalue weighted by molar-refractivity contribution is -0.146. The number of carbonyl (C=O) groups is 3. The average Bonchev–Trinajstić information content (AvgIpc) is 3.20. The first-order valence-corrected chi connectivity index (χ1v) is 12.8. The minimum absolute atomic E-state index is 0.136. The summed E-state index contributed by atoms with van der Waals surface area (Å²) in [5.41, 5.74) is 2.38. The number of hydrogen-bond donors (Lipinski definition) is 2. The van der Waals surface area contributed by atoms with E-state index >= 15 is 0 Å². The molecule has 0 atom stereocenters. The van der Waals surface area contributed by atoms with Crippen molar-refractivity contribution < 1.29 is 19.1 Å². The number of rotatable bonds is 8. The summed E-state index contributed by atoms with van der Waals surface area (Å²) in [6.07, 6.45) is 8.74. The van der Waals surface area contributed by atoms with Crippen LogP contribution in [0.4, 0.5) is 5.69 Å². The van der Waals surface area contributed by atoms with Gasteiger partial charge in [0.25, 0.3) is 0 Å². The normalized spacial score (nSPS) is 26.4. The van der Waals surface area contributed by atoms with Crippen molar-refractivity contribution in [1.29, 1.82) is 0 Å². The Bertz CT molecular complexity index is 1090. The summed E-state index contributed by atoms with van der Waals surface area (Å²) in [6, 6.07) is 7.26. The Balaban J connectivity index is 1.12. The second-order valence-corrected chi connectivity index (χ2v) is 10.6. The number of ether oxygens (including phenoxy) is 1. The number of aromatic nitrogens is 2. The van der Waals surface area contributed by atoms with E-state index in [4.69, 9.17) is 4.74 Å². The lowest BCUT2D eigenvalue weighted by Gasteiger charge is -2.55. The summed E-state index contributed by atoms with van der Waals surface area (Å²) in [6.45, 7) is 4.24. The molecule has 6 rings (SSSR count). The molecule has 186 valence electrons. The highest BCUT2D eigenvalue weighted by Crippen LogP contribution is 2.60. The molecule has 2 amide bonds. The molecule has 8 nitrogen and oxygen atoms in total. The molecule has 2 aromatic rings. The van der Waals surface area contributed by atoms with E-state index in [0.717, 1.165) is 42.7 Å². The molecule has 1 heterocycles. The van der Waals surface area contributed by atoms with Crippen LogP contribution in [0, 0.1) is 30.1 Å². The first-order valence-electron chi connectivity index (χ1n) is 12.8. The molecule has 4 bridgehead atoms. The third kappa shape index (κ3) is 4.70. The fourth-order valence-electron chi connectivity index (χ4n) is 6.85. The SMILES string of the molecule is CCOC(=O)c1cnn(-c2ccc(NC(=O)CCNC(=O)C34CC5CC(CC(C5)C3)C4)cc2)c1C. The molecule has 8 heteroatoms. The standard InChI is InChI=1S/C27H34N4O4/c1-3-35-25(33)23-16-29-31(17(23)2)22-6-4-21(5-7-22)30-24(32)8-9-28-26(34)27-13-18-10-19(14-27)12-20(11-18)15-27/h4-7,16,18-20H,3,8-15H2,1-2H3,(H,28,34)(H,30,32). The predicted octanol–water partition coefficient (Wildman–Crippen LogP) is 4.02. The van der Waals surface area contributed by atoms with Gasteiger partial charge in [-0.2, -0.15) is 5.10 Å². The van der Waals surface area contributed by atoms with Gasteiger partial charge in [0.15, 0.2) is 0 Å². The molecule has 4 saturated carbocycles. The van der Waals surface area contributed by atoms with Gasteiger partial charge in [-0.25, -0.2) is 9.48 Å². The van der Waals surface area contributed by atoms with E-state index in [9.17, 15) is 14.4 Å². The minimum Gasteiger partial charge on any atom is -0.462 e. The van der Waals surface area contributed by atoms with E-state index in [1.165, 1.54) is 25.5 Å². The topological polar surface area (TPSA) is 102 Å². The molecule has 0 aliphatic heterocycles. The van der Waals surface area contributed by atoms with Gasteiger partial charge >= 0.3 is 5.97 Å². The number of carbonyl (C=O) groups excluding carboxylic acids is 3. The van der Waals surface area contributed by atoms with Crippen molar-refractivity contribution in [3.8, 4) is 5.69 Å². The number of nitrogens with zero attached hydrogens (tertiary/aromatic N) is 2. The Morgan fingerprint density at radius 2 is 1.69 bits per heavy atom. The van der Waals surface area contributed by atoms with Gasteiger partial charge in [-0.3, -0.25) is 9.59 Å². The Labute approximate surface area is 205 Å². The van der Waals surface area contributed by atoms with Crippen LogP contribution in [0.1, 0.15) is 67.9 Å². The Kier molecular flexibility index (Phi) is 6.38. The van der Waals surface area contributed by atoms with Gasteiger partial charge in [-0.1, -0.05) is 0 Å². The maximum Gasteiger partial charge on any atom is 0.341 e. The molecule has 4 fully saturated rings. The molecule has 2 N–H and O–H groups in total. The Hall–Kier alpha value is -3.16. The van der Waals surface area contributed by atoms with Gasteiger partial charge in [0, 0.05) is 24.1 Å². The van der Waals surface area contributed by atoms with Crippen LogP contribution in [0.5, 0.6) is 0 Å². The zero-order valence-corrected chi connectivity index (χ0v) is 20.5. The van der Waals surface area contributed by atoms with Crippen LogP contribution in [0.15, 0.2) is 30.5 Å². The lowest BCUT2D eigenvalue weighted by Crippen LogP contribution is -2.53. The van der Waals surface area contributed by atoms with Crippen LogP contribution in [0.3, 0.4) is 0 Å². The van der Waals surface area contributed by atoms with Crippen LogP contribution in [0.2, 0.25) is 0 Å². The summed E-state index contributed by atoms with van der Waals surface area (Å²) in [7, 11) is 0. The molecule has 4 aliphatic rings. The summed E-state index contributed by atoms with van der Waals surface area (Å²) in [4.78, 5) is 37.5. The fraction of sp³-hybridized carbons (Fsp3) is 0.556. The molecule has 4 aliphatic carbocycles. The molecule has 0 unspecified atom stereocenters. The van der Waals surface area contributed by atoms with E-state index in [0.29, 0.717) is 30.1 Å². The van der Waals surface area contributed by atoms with E-state index in [1.807, 2.05) is 19.1 Å². The first kappa shape index (κ1) is 23.6. The van der Waals surface area contributed by atoms with Crippen molar-refractivity contribution in [3.05, 3.63) is 41.7 Å². The van der Waals surface area contributed by atoms with Crippen molar-refractivity contribution in [3.63, 3.8) is 0 Å². The predicted molar refractivity (Wildman–Crippen MR) is 131 cm³/mol. The molecule has 1 aromatic carbocycles. The van der Waals surface area contributed by atoms with Crippen LogP contribution < -0.4 is 10.6 Å². The maximum atomic E-state index is 13.0. The number of benzene rings is 1. The number of esters is 1. The molecule has 0 radical (unpaired) electrons. The summed E-state index contributed by atoms with van der Waals surface area (Å²) in [5.74, 6) is 1.80. The highest BCUT2D eigenvalue weighted by Gasteiger charge is 2.54. The lowest BCUT2D eigenvalue weighted by atomic mass is 9.49. The molecular weight excluding hydrogens is 444 g/mol. The van der Waals surface area contributed by atoms with Crippen molar-refractivity contribution >= 4 is 23.5 Å². The van der Waals surface area contributed by atoms with Gasteiger partial charge in [0.1, 0.15) is 5.56 Å². The summed E-state index contributed by atoms with van der Waals surface area (Å²) in [5, 5.41) is 10.2. The smallest absolute Gasteiger partial charge is 0.341 e. The van der Waals surface area contributed by atoms with Gasteiger partial charge in [0.05, 0.1) is 24.2 Å². The number of nitrogens with one attached hydrogen (secondary N) is 2. The van der Waals surface area contributed by atoms with Gasteiger partial charge in [-0.15, -0.1) is 0 Å². The molecule has 35 heavy (non-hydrogen) atoms. The molecular formula is C27H34N4O4. The number of anilines is 1. The Morgan fingerprint density at radius 3 is 2.29 bits per heavy atom. The van der Waals surface area contributed by atoms with E-state index in [1.54, 1.807) is 23.7 Å². The van der Waals surface area contributed by atoms with Crippen molar-refractivity contribution in [2.75, 3.05) is 18.5 Å². The second kappa shape index (κ2) is 9.47. The van der Waals surface area contributed by atoms with E-state index in [-0.39, 0.29) is 23.7 Å². The molecule has 0 spiro atoms. The Morgan fingerprint density at radius 1 is 1.06 bits per heavy atom. The fourth-order valence-corrected chi connectivity index (χ4v) is 6.85. The highest BCUT2D eigenvalue weighted by molar-refractivity contribution is 5.92. The maximum absolute atomic E-state index is 13.0. The second-order valence-electron chi connectivity index (χ2n) is 10.6. The number of hydrogen-bond acceptors (Lipinski definition) is 5. The summed E-state index contributed by atoms with van der Waals surface area (Å²) < 4.78 is 6.73. The first-order chi connectivity index (χ1) is 16.9. The van der Waals surface area contributed by atoms with Crippen LogP contribution >= 0.6 is 0 Å². The number of amides is 2. The zero-order chi connectivity index (χ0) is 24.6. The third-order valence-corrected chi connectivity index (χ3v) is 8.06. The van der Waals surface area contributed by atoms with Crippen LogP contribution in [0.25, 0.3) is 5.69 Å². The van der Waals surface area contributed by atoms with Crippen molar-refractivity contribution in [2.45, 2.75) is 58.8 Å². The van der Waals surface area contributed by atoms with Gasteiger partial charge < -0.3 is 15.4 Å². The van der Waals surface area contributed by atoms with Crippen LogP contribution in [-0.4, -0.2) is 40.7 Å².